The second-order valence-corrected chi connectivity index (χ2v) is 5.50. The molecule has 0 saturated heterocycles. The molecule has 0 aliphatic carbocycles. The van der Waals surface area contributed by atoms with Crippen LogP contribution in [0.1, 0.15) is 19.4 Å². The molecular weight excluding hydrogens is 249 g/mol. The predicted molar refractivity (Wildman–Crippen MR) is 73.3 cm³/mol. The molecule has 1 heterocycles. The van der Waals surface area contributed by atoms with E-state index in [1.54, 1.807) is 23.9 Å². The van der Waals surface area contributed by atoms with Crippen LogP contribution in [0.3, 0.4) is 0 Å². The normalized spacial score (nSPS) is 18.6. The number of benzene rings is 1. The van der Waals surface area contributed by atoms with Crippen LogP contribution >= 0.6 is 11.8 Å². The first-order valence-electron chi connectivity index (χ1n) is 5.77. The Morgan fingerprint density at radius 1 is 1.56 bits per heavy atom. The Bertz CT molecular complexity index is 519. The van der Waals surface area contributed by atoms with Gasteiger partial charge in [-0.05, 0) is 24.1 Å². The van der Waals surface area contributed by atoms with Crippen molar-refractivity contribution in [2.75, 3.05) is 11.1 Å². The van der Waals surface area contributed by atoms with Crippen LogP contribution in [-0.4, -0.2) is 17.0 Å². The minimum atomic E-state index is -0.426. The Labute approximate surface area is 110 Å². The lowest BCUT2D eigenvalue weighted by Gasteiger charge is -2.08. The van der Waals surface area contributed by atoms with Crippen molar-refractivity contribution < 1.29 is 4.39 Å². The summed E-state index contributed by atoms with van der Waals surface area (Å²) in [6.45, 7) is 4.25. The number of nitriles is 1. The van der Waals surface area contributed by atoms with Gasteiger partial charge in [0.05, 0.1) is 23.4 Å². The number of rotatable bonds is 2. The molecule has 0 amide bonds. The van der Waals surface area contributed by atoms with Gasteiger partial charge in [0.15, 0.2) is 5.17 Å². The summed E-state index contributed by atoms with van der Waals surface area (Å²) in [4.78, 5) is 4.50. The van der Waals surface area contributed by atoms with Gasteiger partial charge in [-0.15, -0.1) is 0 Å². The number of nitrogens with zero attached hydrogens (tertiary/aromatic N) is 2. The highest BCUT2D eigenvalue weighted by Crippen LogP contribution is 2.25. The number of aliphatic imine (C=N–C) groups is 1. The zero-order chi connectivity index (χ0) is 13.1. The second-order valence-electron chi connectivity index (χ2n) is 4.49. The molecule has 5 heteroatoms. The van der Waals surface area contributed by atoms with Gasteiger partial charge in [-0.2, -0.15) is 5.26 Å². The molecule has 1 N–H and O–H groups in total. The fraction of sp³-hybridized carbons (Fsp3) is 0.385. The van der Waals surface area contributed by atoms with Crippen molar-refractivity contribution >= 4 is 22.6 Å². The average molecular weight is 263 g/mol. The Hall–Kier alpha value is -1.54. The van der Waals surface area contributed by atoms with Crippen molar-refractivity contribution in [1.82, 2.24) is 0 Å². The van der Waals surface area contributed by atoms with Crippen LogP contribution < -0.4 is 5.32 Å². The number of amidine groups is 1. The standard InChI is InChI=1S/C13H14FN3S/c1-8(2)12-7-18-13(17-12)16-11-4-3-9(6-15)5-10(11)14/h3-5,8,12H,7H2,1-2H3,(H,16,17). The number of anilines is 1. The van der Waals surface area contributed by atoms with Crippen molar-refractivity contribution in [2.24, 2.45) is 10.9 Å². The first kappa shape index (κ1) is 12.9. The van der Waals surface area contributed by atoms with Crippen molar-refractivity contribution in [3.63, 3.8) is 0 Å². The summed E-state index contributed by atoms with van der Waals surface area (Å²) in [5.41, 5.74) is 0.684. The molecule has 1 unspecified atom stereocenters. The third kappa shape index (κ3) is 2.82. The maximum atomic E-state index is 13.7. The van der Waals surface area contributed by atoms with Crippen LogP contribution in [0.25, 0.3) is 0 Å². The summed E-state index contributed by atoms with van der Waals surface area (Å²) in [5.74, 6) is 0.991. The zero-order valence-corrected chi connectivity index (χ0v) is 11.1. The van der Waals surface area contributed by atoms with Crippen molar-refractivity contribution in [3.8, 4) is 6.07 Å². The van der Waals surface area contributed by atoms with Crippen molar-refractivity contribution in [1.29, 1.82) is 5.26 Å². The third-order valence-electron chi connectivity index (χ3n) is 2.78. The summed E-state index contributed by atoms with van der Waals surface area (Å²) >= 11 is 1.60. The largest absolute Gasteiger partial charge is 0.333 e. The molecule has 0 saturated carbocycles. The molecule has 1 aliphatic rings. The number of thioether (sulfide) groups is 1. The Balaban J connectivity index is 2.11. The van der Waals surface area contributed by atoms with E-state index in [9.17, 15) is 4.39 Å². The summed E-state index contributed by atoms with van der Waals surface area (Å²) in [6, 6.07) is 6.58. The lowest BCUT2D eigenvalue weighted by molar-refractivity contribution is 0.543. The van der Waals surface area contributed by atoms with E-state index in [1.807, 2.05) is 6.07 Å². The minimum absolute atomic E-state index is 0.291. The Morgan fingerprint density at radius 3 is 2.89 bits per heavy atom. The van der Waals surface area contributed by atoms with E-state index >= 15 is 0 Å². The molecule has 1 atom stereocenters. The highest BCUT2D eigenvalue weighted by Gasteiger charge is 2.21. The van der Waals surface area contributed by atoms with Gasteiger partial charge in [0.1, 0.15) is 5.82 Å². The van der Waals surface area contributed by atoms with E-state index in [2.05, 4.69) is 24.2 Å². The molecule has 0 bridgehead atoms. The molecular formula is C13H14FN3S. The minimum Gasteiger partial charge on any atom is -0.333 e. The number of hydrogen-bond donors (Lipinski definition) is 1. The number of halogens is 1. The van der Waals surface area contributed by atoms with Gasteiger partial charge in [0.2, 0.25) is 0 Å². The molecule has 0 fully saturated rings. The number of nitrogens with one attached hydrogen (secondary N) is 1. The molecule has 18 heavy (non-hydrogen) atoms. The smallest absolute Gasteiger partial charge is 0.161 e. The van der Waals surface area contributed by atoms with Crippen molar-refractivity contribution in [3.05, 3.63) is 29.6 Å². The van der Waals surface area contributed by atoms with Gasteiger partial charge < -0.3 is 5.32 Å². The highest BCUT2D eigenvalue weighted by atomic mass is 32.2. The SMILES string of the molecule is CC(C)C1CSC(Nc2ccc(C#N)cc2F)=N1. The van der Waals surface area contributed by atoms with Gasteiger partial charge in [0.25, 0.3) is 0 Å². The molecule has 1 aromatic carbocycles. The molecule has 3 nitrogen and oxygen atoms in total. The average Bonchev–Trinajstić information content (AvgIpc) is 2.80. The molecule has 0 radical (unpaired) electrons. The highest BCUT2D eigenvalue weighted by molar-refractivity contribution is 8.14. The Morgan fingerprint density at radius 2 is 2.33 bits per heavy atom. The molecule has 0 spiro atoms. The van der Waals surface area contributed by atoms with Crippen LogP contribution in [0.15, 0.2) is 23.2 Å². The van der Waals surface area contributed by atoms with E-state index in [1.165, 1.54) is 6.07 Å². The van der Waals surface area contributed by atoms with Gasteiger partial charge in [-0.25, -0.2) is 4.39 Å². The van der Waals surface area contributed by atoms with Gasteiger partial charge >= 0.3 is 0 Å². The van der Waals surface area contributed by atoms with E-state index in [0.29, 0.717) is 23.2 Å². The van der Waals surface area contributed by atoms with Crippen LogP contribution in [0, 0.1) is 23.1 Å². The fourth-order valence-electron chi connectivity index (χ4n) is 1.60. The lowest BCUT2D eigenvalue weighted by Crippen LogP contribution is -2.12. The van der Waals surface area contributed by atoms with E-state index in [4.69, 9.17) is 5.26 Å². The second kappa shape index (κ2) is 5.40. The van der Waals surface area contributed by atoms with E-state index in [-0.39, 0.29) is 0 Å². The lowest BCUT2D eigenvalue weighted by atomic mass is 10.1. The summed E-state index contributed by atoms with van der Waals surface area (Å²) in [7, 11) is 0. The summed E-state index contributed by atoms with van der Waals surface area (Å²) < 4.78 is 13.7. The Kier molecular flexibility index (Phi) is 3.87. The molecule has 1 aromatic rings. The van der Waals surface area contributed by atoms with Gasteiger partial charge in [0, 0.05) is 5.75 Å². The molecule has 94 valence electrons. The van der Waals surface area contributed by atoms with Crippen LogP contribution in [0.4, 0.5) is 10.1 Å². The van der Waals surface area contributed by atoms with Gasteiger partial charge in [-0.1, -0.05) is 25.6 Å². The summed E-state index contributed by atoms with van der Waals surface area (Å²) in [6.07, 6.45) is 0. The fourth-order valence-corrected chi connectivity index (χ4v) is 2.78. The monoisotopic (exact) mass is 263 g/mol. The molecule has 2 rings (SSSR count). The quantitative estimate of drug-likeness (QED) is 0.891. The first-order chi connectivity index (χ1) is 8.60. The third-order valence-corrected chi connectivity index (χ3v) is 3.77. The maximum absolute atomic E-state index is 13.7. The maximum Gasteiger partial charge on any atom is 0.161 e. The van der Waals surface area contributed by atoms with E-state index < -0.39 is 5.82 Å². The zero-order valence-electron chi connectivity index (χ0n) is 10.3. The van der Waals surface area contributed by atoms with E-state index in [0.717, 1.165) is 10.9 Å². The first-order valence-corrected chi connectivity index (χ1v) is 6.76. The van der Waals surface area contributed by atoms with Crippen molar-refractivity contribution in [2.45, 2.75) is 19.9 Å². The summed E-state index contributed by atoms with van der Waals surface area (Å²) in [5, 5.41) is 12.4. The van der Waals surface area contributed by atoms with Crippen LogP contribution in [-0.2, 0) is 0 Å². The number of hydrogen-bond acceptors (Lipinski definition) is 4. The van der Waals surface area contributed by atoms with Crippen LogP contribution in [0.2, 0.25) is 0 Å². The topological polar surface area (TPSA) is 48.2 Å². The molecule has 0 aromatic heterocycles. The molecule has 1 aliphatic heterocycles. The van der Waals surface area contributed by atoms with Crippen LogP contribution in [0.5, 0.6) is 0 Å². The van der Waals surface area contributed by atoms with Gasteiger partial charge in [-0.3, -0.25) is 4.99 Å². The predicted octanol–water partition coefficient (Wildman–Crippen LogP) is 3.24.